The van der Waals surface area contributed by atoms with Crippen molar-refractivity contribution in [3.05, 3.63) is 93.0 Å². The zero-order valence-corrected chi connectivity index (χ0v) is 18.9. The van der Waals surface area contributed by atoms with E-state index in [1.165, 1.54) is 11.1 Å². The molecule has 3 aromatic carbocycles. The zero-order valence-electron chi connectivity index (χ0n) is 16.5. The number of nitrogens with zero attached hydrogens (tertiary/aromatic N) is 1. The number of rotatable bonds is 5. The summed E-state index contributed by atoms with van der Waals surface area (Å²) in [7, 11) is 1.63. The second-order valence-electron chi connectivity index (χ2n) is 7.14. The number of halogens is 2. The van der Waals surface area contributed by atoms with Gasteiger partial charge in [0.2, 0.25) is 0 Å². The Morgan fingerprint density at radius 2 is 1.80 bits per heavy atom. The average Bonchev–Trinajstić information content (AvgIpc) is 2.77. The molecule has 0 unspecified atom stereocenters. The number of fused-ring (bicyclic) bond motifs is 1. The molecule has 1 heterocycles. The molecule has 0 bridgehead atoms. The van der Waals surface area contributed by atoms with Crippen LogP contribution in [-0.4, -0.2) is 23.5 Å². The van der Waals surface area contributed by atoms with Crippen LogP contribution in [0.4, 0.5) is 0 Å². The minimum Gasteiger partial charge on any atom is -0.493 e. The van der Waals surface area contributed by atoms with Gasteiger partial charge in [-0.2, -0.15) is 0 Å². The highest BCUT2D eigenvalue weighted by Crippen LogP contribution is 2.31. The SMILES string of the molecule is COc1cc(C(=S)N2CCc3ccccc3C2)ccc1OCc1ccc(Cl)cc1Cl. The van der Waals surface area contributed by atoms with E-state index in [4.69, 9.17) is 44.9 Å². The number of thiocarbonyl (C=S) groups is 1. The Hall–Kier alpha value is -2.27. The van der Waals surface area contributed by atoms with Crippen LogP contribution in [0.25, 0.3) is 0 Å². The zero-order chi connectivity index (χ0) is 21.1. The van der Waals surface area contributed by atoms with Crippen molar-refractivity contribution in [3.63, 3.8) is 0 Å². The van der Waals surface area contributed by atoms with Gasteiger partial charge in [-0.3, -0.25) is 0 Å². The second kappa shape index (κ2) is 9.25. The molecule has 0 radical (unpaired) electrons. The molecule has 0 atom stereocenters. The van der Waals surface area contributed by atoms with Crippen LogP contribution in [-0.2, 0) is 19.6 Å². The van der Waals surface area contributed by atoms with Crippen molar-refractivity contribution in [1.82, 2.24) is 4.90 Å². The number of benzene rings is 3. The lowest BCUT2D eigenvalue weighted by atomic mass is 9.99. The van der Waals surface area contributed by atoms with Crippen molar-refractivity contribution < 1.29 is 9.47 Å². The van der Waals surface area contributed by atoms with E-state index in [0.717, 1.165) is 35.6 Å². The quantitative estimate of drug-likeness (QED) is 0.418. The molecule has 0 saturated heterocycles. The fraction of sp³-hybridized carbons (Fsp3) is 0.208. The number of methoxy groups -OCH3 is 1. The predicted molar refractivity (Wildman–Crippen MR) is 126 cm³/mol. The second-order valence-corrected chi connectivity index (χ2v) is 8.37. The Morgan fingerprint density at radius 1 is 1.00 bits per heavy atom. The maximum atomic E-state index is 6.24. The molecular formula is C24H21Cl2NO2S. The highest BCUT2D eigenvalue weighted by molar-refractivity contribution is 7.80. The first-order chi connectivity index (χ1) is 14.5. The first kappa shape index (κ1) is 21.0. The van der Waals surface area contributed by atoms with E-state index in [1.54, 1.807) is 19.2 Å². The normalized spacial score (nSPS) is 13.0. The van der Waals surface area contributed by atoms with Gasteiger partial charge in [-0.1, -0.05) is 65.8 Å². The van der Waals surface area contributed by atoms with E-state index in [-0.39, 0.29) is 0 Å². The highest BCUT2D eigenvalue weighted by atomic mass is 35.5. The maximum absolute atomic E-state index is 6.24. The lowest BCUT2D eigenvalue weighted by molar-refractivity contribution is 0.284. The average molecular weight is 458 g/mol. The van der Waals surface area contributed by atoms with Crippen molar-refractivity contribution in [3.8, 4) is 11.5 Å². The molecule has 0 N–H and O–H groups in total. The van der Waals surface area contributed by atoms with E-state index >= 15 is 0 Å². The summed E-state index contributed by atoms with van der Waals surface area (Å²) in [4.78, 5) is 3.05. The molecule has 0 aromatic heterocycles. The van der Waals surface area contributed by atoms with Crippen LogP contribution in [0, 0.1) is 0 Å². The fourth-order valence-corrected chi connectivity index (χ4v) is 4.31. The molecule has 0 amide bonds. The topological polar surface area (TPSA) is 21.7 Å². The Bertz CT molecular complexity index is 1090. The van der Waals surface area contributed by atoms with Crippen molar-refractivity contribution in [2.75, 3.05) is 13.7 Å². The van der Waals surface area contributed by atoms with Crippen LogP contribution in [0.2, 0.25) is 10.0 Å². The molecule has 3 nitrogen and oxygen atoms in total. The largest absolute Gasteiger partial charge is 0.493 e. The summed E-state index contributed by atoms with van der Waals surface area (Å²) in [6.45, 7) is 2.05. The van der Waals surface area contributed by atoms with Crippen molar-refractivity contribution in [2.24, 2.45) is 0 Å². The van der Waals surface area contributed by atoms with Crippen molar-refractivity contribution >= 4 is 40.4 Å². The summed E-state index contributed by atoms with van der Waals surface area (Å²) < 4.78 is 11.5. The van der Waals surface area contributed by atoms with Gasteiger partial charge in [0.15, 0.2) is 11.5 Å². The highest BCUT2D eigenvalue weighted by Gasteiger charge is 2.20. The minimum atomic E-state index is 0.319. The van der Waals surface area contributed by atoms with Gasteiger partial charge in [0.05, 0.1) is 7.11 Å². The Balaban J connectivity index is 1.48. The smallest absolute Gasteiger partial charge is 0.161 e. The third-order valence-electron chi connectivity index (χ3n) is 5.23. The minimum absolute atomic E-state index is 0.319. The molecule has 0 spiro atoms. The Morgan fingerprint density at radius 3 is 2.57 bits per heavy atom. The van der Waals surface area contributed by atoms with E-state index in [2.05, 4.69) is 29.2 Å². The maximum Gasteiger partial charge on any atom is 0.161 e. The van der Waals surface area contributed by atoms with Crippen LogP contribution >= 0.6 is 35.4 Å². The lowest BCUT2D eigenvalue weighted by Crippen LogP contribution is -2.35. The summed E-state index contributed by atoms with van der Waals surface area (Å²) in [5, 5.41) is 1.17. The molecular weight excluding hydrogens is 437 g/mol. The van der Waals surface area contributed by atoms with E-state index in [0.29, 0.717) is 28.2 Å². The van der Waals surface area contributed by atoms with Gasteiger partial charge in [0.1, 0.15) is 11.6 Å². The first-order valence-corrected chi connectivity index (χ1v) is 10.8. The van der Waals surface area contributed by atoms with Crippen molar-refractivity contribution in [1.29, 1.82) is 0 Å². The van der Waals surface area contributed by atoms with Gasteiger partial charge < -0.3 is 14.4 Å². The van der Waals surface area contributed by atoms with E-state index < -0.39 is 0 Å². The van der Waals surface area contributed by atoms with Gasteiger partial charge in [-0.25, -0.2) is 0 Å². The van der Waals surface area contributed by atoms with E-state index in [9.17, 15) is 0 Å². The molecule has 1 aliphatic rings. The van der Waals surface area contributed by atoms with Crippen LogP contribution in [0.15, 0.2) is 60.7 Å². The third-order valence-corrected chi connectivity index (χ3v) is 6.31. The van der Waals surface area contributed by atoms with Crippen LogP contribution in [0.5, 0.6) is 11.5 Å². The summed E-state index contributed by atoms with van der Waals surface area (Å²) >= 11 is 18.0. The summed E-state index contributed by atoms with van der Waals surface area (Å²) in [6.07, 6.45) is 0.997. The molecule has 4 rings (SSSR count). The summed E-state index contributed by atoms with van der Waals surface area (Å²) in [5.41, 5.74) is 4.53. The Labute approximate surface area is 192 Å². The van der Waals surface area contributed by atoms with Crippen LogP contribution < -0.4 is 9.47 Å². The number of hydrogen-bond acceptors (Lipinski definition) is 3. The first-order valence-electron chi connectivity index (χ1n) is 9.66. The van der Waals surface area contributed by atoms with Gasteiger partial charge in [-0.05, 0) is 47.9 Å². The molecule has 6 heteroatoms. The van der Waals surface area contributed by atoms with Crippen LogP contribution in [0.1, 0.15) is 22.3 Å². The standard InChI is InChI=1S/C24H21Cl2NO2S/c1-28-23-12-17(24(30)27-11-10-16-4-2-3-5-18(16)14-27)7-9-22(23)29-15-19-6-8-20(25)13-21(19)26/h2-9,12-13H,10-11,14-15H2,1H3. The van der Waals surface area contributed by atoms with Crippen molar-refractivity contribution in [2.45, 2.75) is 19.6 Å². The summed E-state index contributed by atoms with van der Waals surface area (Å²) in [5.74, 6) is 1.27. The van der Waals surface area contributed by atoms with Gasteiger partial charge in [0, 0.05) is 34.3 Å². The van der Waals surface area contributed by atoms with Gasteiger partial charge >= 0.3 is 0 Å². The molecule has 0 saturated carbocycles. The predicted octanol–water partition coefficient (Wildman–Crippen LogP) is 6.31. The molecule has 3 aromatic rings. The Kier molecular flexibility index (Phi) is 6.47. The van der Waals surface area contributed by atoms with Gasteiger partial charge in [-0.15, -0.1) is 0 Å². The monoisotopic (exact) mass is 457 g/mol. The molecule has 0 fully saturated rings. The molecule has 0 aliphatic carbocycles. The lowest BCUT2D eigenvalue weighted by Gasteiger charge is -2.31. The third kappa shape index (κ3) is 4.56. The fourth-order valence-electron chi connectivity index (χ4n) is 3.57. The summed E-state index contributed by atoms with van der Waals surface area (Å²) in [6, 6.07) is 19.7. The molecule has 154 valence electrons. The van der Waals surface area contributed by atoms with Crippen LogP contribution in [0.3, 0.4) is 0 Å². The molecule has 1 aliphatic heterocycles. The van der Waals surface area contributed by atoms with E-state index in [1.807, 2.05) is 24.3 Å². The van der Waals surface area contributed by atoms with Gasteiger partial charge in [0.25, 0.3) is 0 Å². The number of ether oxygens (including phenoxy) is 2. The number of hydrogen-bond donors (Lipinski definition) is 0. The molecule has 30 heavy (non-hydrogen) atoms.